The Morgan fingerprint density at radius 1 is 1.15 bits per heavy atom. The van der Waals surface area contributed by atoms with Crippen LogP contribution in [0.2, 0.25) is 0 Å². The molecule has 1 amide bonds. The van der Waals surface area contributed by atoms with Crippen LogP contribution in [0.1, 0.15) is 35.6 Å². The molecule has 1 aromatic heterocycles. The largest absolute Gasteiger partial charge is 0.362 e. The molecule has 0 radical (unpaired) electrons. The van der Waals surface area contributed by atoms with Gasteiger partial charge in [-0.15, -0.1) is 0 Å². The van der Waals surface area contributed by atoms with E-state index in [0.29, 0.717) is 18.7 Å². The van der Waals surface area contributed by atoms with E-state index in [1.54, 1.807) is 16.8 Å². The number of Topliss-reactive ketones (excluding diaryl/α,β-unsaturated/α-hetero) is 1. The molecule has 0 unspecified atom stereocenters. The quantitative estimate of drug-likeness (QED) is 0.772. The Bertz CT molecular complexity index is 475. The predicted octanol–water partition coefficient (Wildman–Crippen LogP) is 1.61. The van der Waals surface area contributed by atoms with Gasteiger partial charge in [0.25, 0.3) is 0 Å². The number of carbonyl (C=O) groups excluding carboxylic acids is 2. The van der Waals surface area contributed by atoms with E-state index < -0.39 is 0 Å². The fraction of sp³-hybridized carbons (Fsp3) is 0.600. The molecule has 0 aliphatic heterocycles. The molecule has 1 N–H and O–H groups in total. The molecule has 0 aromatic carbocycles. The van der Waals surface area contributed by atoms with E-state index >= 15 is 0 Å². The second-order valence-corrected chi connectivity index (χ2v) is 5.15. The summed E-state index contributed by atoms with van der Waals surface area (Å²) >= 11 is 0. The van der Waals surface area contributed by atoms with Gasteiger partial charge in [-0.2, -0.15) is 0 Å². The first-order valence-corrected chi connectivity index (χ1v) is 7.04. The van der Waals surface area contributed by atoms with Crippen molar-refractivity contribution in [1.82, 2.24) is 14.8 Å². The molecule has 5 heteroatoms. The molecular formula is C15H25N3O2. The smallest absolute Gasteiger partial charge is 0.236 e. The molecule has 0 aliphatic carbocycles. The SMILES string of the molecule is CCN(CC)C(=O)CN(C)CC(=O)c1cc(C)[nH]c1C. The van der Waals surface area contributed by atoms with E-state index in [-0.39, 0.29) is 24.8 Å². The van der Waals surface area contributed by atoms with E-state index in [1.807, 2.05) is 33.8 Å². The lowest BCUT2D eigenvalue weighted by Crippen LogP contribution is -2.40. The molecule has 1 rings (SSSR count). The maximum atomic E-state index is 12.2. The molecule has 0 bridgehead atoms. The number of aromatic nitrogens is 1. The third kappa shape index (κ3) is 4.20. The number of hydrogen-bond acceptors (Lipinski definition) is 3. The highest BCUT2D eigenvalue weighted by Gasteiger charge is 2.17. The van der Waals surface area contributed by atoms with Crippen LogP contribution in [0.15, 0.2) is 6.07 Å². The van der Waals surface area contributed by atoms with E-state index in [4.69, 9.17) is 0 Å². The van der Waals surface area contributed by atoms with Gasteiger partial charge in [0.05, 0.1) is 13.1 Å². The third-order valence-electron chi connectivity index (χ3n) is 3.38. The van der Waals surface area contributed by atoms with E-state index in [0.717, 1.165) is 11.4 Å². The average Bonchev–Trinajstić information content (AvgIpc) is 2.69. The molecule has 5 nitrogen and oxygen atoms in total. The summed E-state index contributed by atoms with van der Waals surface area (Å²) in [5.41, 5.74) is 2.58. The second kappa shape index (κ2) is 7.24. The molecular weight excluding hydrogens is 254 g/mol. The summed E-state index contributed by atoms with van der Waals surface area (Å²) in [5.74, 6) is 0.106. The van der Waals surface area contributed by atoms with Crippen molar-refractivity contribution in [3.63, 3.8) is 0 Å². The van der Waals surface area contributed by atoms with Gasteiger partial charge >= 0.3 is 0 Å². The number of amides is 1. The first kappa shape index (κ1) is 16.4. The van der Waals surface area contributed by atoms with Crippen molar-refractivity contribution in [1.29, 1.82) is 0 Å². The van der Waals surface area contributed by atoms with Crippen molar-refractivity contribution in [2.75, 3.05) is 33.2 Å². The summed E-state index contributed by atoms with van der Waals surface area (Å²) in [5, 5.41) is 0. The van der Waals surface area contributed by atoms with Crippen molar-refractivity contribution in [3.05, 3.63) is 23.0 Å². The topological polar surface area (TPSA) is 56.4 Å². The highest BCUT2D eigenvalue weighted by atomic mass is 16.2. The van der Waals surface area contributed by atoms with Gasteiger partial charge in [-0.1, -0.05) is 0 Å². The summed E-state index contributed by atoms with van der Waals surface area (Å²) in [6.07, 6.45) is 0. The second-order valence-electron chi connectivity index (χ2n) is 5.15. The number of H-pyrrole nitrogens is 1. The van der Waals surface area contributed by atoms with Crippen LogP contribution in [-0.2, 0) is 4.79 Å². The zero-order valence-corrected chi connectivity index (χ0v) is 13.1. The van der Waals surface area contributed by atoms with E-state index in [2.05, 4.69) is 4.98 Å². The van der Waals surface area contributed by atoms with Gasteiger partial charge in [-0.05, 0) is 40.8 Å². The molecule has 1 aromatic rings. The molecule has 0 atom stereocenters. The predicted molar refractivity (Wildman–Crippen MR) is 80.0 cm³/mol. The lowest BCUT2D eigenvalue weighted by atomic mass is 10.1. The van der Waals surface area contributed by atoms with Crippen LogP contribution >= 0.6 is 0 Å². The normalized spacial score (nSPS) is 10.9. The van der Waals surface area contributed by atoms with Gasteiger partial charge in [0.15, 0.2) is 5.78 Å². The molecule has 0 spiro atoms. The van der Waals surface area contributed by atoms with Crippen LogP contribution < -0.4 is 0 Å². The van der Waals surface area contributed by atoms with Gasteiger partial charge in [-0.25, -0.2) is 0 Å². The van der Waals surface area contributed by atoms with Crippen LogP contribution in [0.4, 0.5) is 0 Å². The Balaban J connectivity index is 2.58. The number of carbonyl (C=O) groups is 2. The van der Waals surface area contributed by atoms with E-state index in [1.165, 1.54) is 0 Å². The van der Waals surface area contributed by atoms with Crippen LogP contribution in [0.25, 0.3) is 0 Å². The van der Waals surface area contributed by atoms with E-state index in [9.17, 15) is 9.59 Å². The number of nitrogens with zero attached hydrogens (tertiary/aromatic N) is 2. The summed E-state index contributed by atoms with van der Waals surface area (Å²) in [6, 6.07) is 1.86. The Kier molecular flexibility index (Phi) is 5.95. The van der Waals surface area contributed by atoms with Crippen LogP contribution in [0.5, 0.6) is 0 Å². The Morgan fingerprint density at radius 2 is 1.75 bits per heavy atom. The van der Waals surface area contributed by atoms with Gasteiger partial charge in [0.1, 0.15) is 0 Å². The molecule has 0 saturated carbocycles. The van der Waals surface area contributed by atoms with Gasteiger partial charge < -0.3 is 9.88 Å². The minimum absolute atomic E-state index is 0.0432. The number of ketones is 1. The third-order valence-corrected chi connectivity index (χ3v) is 3.38. The zero-order chi connectivity index (χ0) is 15.3. The van der Waals surface area contributed by atoms with Crippen molar-refractivity contribution in [3.8, 4) is 0 Å². The Labute approximate surface area is 120 Å². The first-order valence-electron chi connectivity index (χ1n) is 7.04. The Hall–Kier alpha value is -1.62. The van der Waals surface area contributed by atoms with Gasteiger partial charge in [0, 0.05) is 30.0 Å². The van der Waals surface area contributed by atoms with Crippen LogP contribution in [-0.4, -0.2) is 59.7 Å². The van der Waals surface area contributed by atoms with Crippen LogP contribution in [0, 0.1) is 13.8 Å². The van der Waals surface area contributed by atoms with Crippen molar-refractivity contribution in [2.24, 2.45) is 0 Å². The minimum Gasteiger partial charge on any atom is -0.362 e. The maximum absolute atomic E-state index is 12.2. The molecule has 0 fully saturated rings. The first-order chi connectivity index (χ1) is 9.38. The van der Waals surface area contributed by atoms with Crippen molar-refractivity contribution in [2.45, 2.75) is 27.7 Å². The van der Waals surface area contributed by atoms with Crippen LogP contribution in [0.3, 0.4) is 0 Å². The number of aryl methyl sites for hydroxylation is 2. The molecule has 0 aliphatic rings. The molecule has 1 heterocycles. The fourth-order valence-electron chi connectivity index (χ4n) is 2.31. The fourth-order valence-corrected chi connectivity index (χ4v) is 2.31. The molecule has 112 valence electrons. The van der Waals surface area contributed by atoms with Crippen molar-refractivity contribution < 1.29 is 9.59 Å². The minimum atomic E-state index is 0.0432. The van der Waals surface area contributed by atoms with Crippen molar-refractivity contribution >= 4 is 11.7 Å². The summed E-state index contributed by atoms with van der Waals surface area (Å²) in [7, 11) is 1.80. The molecule has 0 saturated heterocycles. The number of likely N-dealkylation sites (N-methyl/N-ethyl adjacent to an activating group) is 2. The number of rotatable bonds is 7. The Morgan fingerprint density at radius 3 is 2.20 bits per heavy atom. The van der Waals surface area contributed by atoms with Gasteiger partial charge in [0.2, 0.25) is 5.91 Å². The lowest BCUT2D eigenvalue weighted by molar-refractivity contribution is -0.131. The monoisotopic (exact) mass is 279 g/mol. The number of aromatic amines is 1. The van der Waals surface area contributed by atoms with Gasteiger partial charge in [-0.3, -0.25) is 14.5 Å². The average molecular weight is 279 g/mol. The molecule has 20 heavy (non-hydrogen) atoms. The standard InChI is InChI=1S/C15H25N3O2/c1-6-18(7-2)15(20)10-17(5)9-14(19)13-8-11(3)16-12(13)4/h8,16H,6-7,9-10H2,1-5H3. The highest BCUT2D eigenvalue weighted by Crippen LogP contribution is 2.10. The highest BCUT2D eigenvalue weighted by molar-refractivity contribution is 5.99. The number of nitrogens with one attached hydrogen (secondary N) is 1. The number of hydrogen-bond donors (Lipinski definition) is 1. The maximum Gasteiger partial charge on any atom is 0.236 e. The summed E-state index contributed by atoms with van der Waals surface area (Å²) in [4.78, 5) is 30.8. The summed E-state index contributed by atoms with van der Waals surface area (Å²) in [6.45, 7) is 9.66. The summed E-state index contributed by atoms with van der Waals surface area (Å²) < 4.78 is 0. The lowest BCUT2D eigenvalue weighted by Gasteiger charge is -2.22. The zero-order valence-electron chi connectivity index (χ0n) is 13.1.